The summed E-state index contributed by atoms with van der Waals surface area (Å²) in [5, 5.41) is 0. The molecule has 0 aliphatic carbocycles. The van der Waals surface area contributed by atoms with Gasteiger partial charge in [0.05, 0.1) is 0 Å². The van der Waals surface area contributed by atoms with Gasteiger partial charge in [-0.2, -0.15) is 0 Å². The minimum Gasteiger partial charge on any atom is -0.350 e. The summed E-state index contributed by atoms with van der Waals surface area (Å²) in [4.78, 5) is 4.11. The molecule has 0 fully saturated rings. The predicted octanol–water partition coefficient (Wildman–Crippen LogP) is 2.73. The average molecular weight is 229 g/mol. The van der Waals surface area contributed by atoms with E-state index in [9.17, 15) is 0 Å². The van der Waals surface area contributed by atoms with Gasteiger partial charge in [-0.05, 0) is 29.7 Å². The van der Waals surface area contributed by atoms with Crippen LogP contribution in [0.2, 0.25) is 0 Å². The molecule has 1 unspecified atom stereocenters. The summed E-state index contributed by atoms with van der Waals surface area (Å²) >= 11 is 0. The summed E-state index contributed by atoms with van der Waals surface area (Å²) in [5.74, 6) is 0. The fraction of sp³-hybridized carbons (Fsp3) is 0.357. The van der Waals surface area contributed by atoms with Gasteiger partial charge in [0, 0.05) is 37.4 Å². The lowest BCUT2D eigenvalue weighted by molar-refractivity contribution is 0.636. The van der Waals surface area contributed by atoms with Crippen LogP contribution in [0.4, 0.5) is 0 Å². The van der Waals surface area contributed by atoms with Crippen LogP contribution in [-0.4, -0.2) is 9.55 Å². The van der Waals surface area contributed by atoms with E-state index in [2.05, 4.69) is 41.0 Å². The Hall–Kier alpha value is -1.61. The molecule has 2 N–H and O–H groups in total. The molecule has 1 atom stereocenters. The Kier molecular flexibility index (Phi) is 3.94. The molecule has 0 amide bonds. The van der Waals surface area contributed by atoms with E-state index < -0.39 is 0 Å². The molecule has 0 aromatic carbocycles. The van der Waals surface area contributed by atoms with Crippen molar-refractivity contribution in [1.29, 1.82) is 0 Å². The number of pyridine rings is 1. The van der Waals surface area contributed by atoms with Crippen LogP contribution in [0, 0.1) is 0 Å². The smallest absolute Gasteiger partial charge is 0.0485 e. The molecule has 2 aromatic heterocycles. The highest BCUT2D eigenvalue weighted by Crippen LogP contribution is 2.16. The molecule has 17 heavy (non-hydrogen) atoms. The van der Waals surface area contributed by atoms with Gasteiger partial charge in [-0.25, -0.2) is 0 Å². The minimum absolute atomic E-state index is 0.162. The lowest BCUT2D eigenvalue weighted by Gasteiger charge is -2.07. The Morgan fingerprint density at radius 2 is 2.29 bits per heavy atom. The van der Waals surface area contributed by atoms with Crippen molar-refractivity contribution in [2.24, 2.45) is 5.73 Å². The summed E-state index contributed by atoms with van der Waals surface area (Å²) in [6.45, 7) is 3.01. The number of hydrogen-bond acceptors (Lipinski definition) is 2. The van der Waals surface area contributed by atoms with E-state index in [1.54, 1.807) is 6.20 Å². The first-order valence-electron chi connectivity index (χ1n) is 6.09. The van der Waals surface area contributed by atoms with Crippen molar-refractivity contribution in [3.63, 3.8) is 0 Å². The molecule has 0 bridgehead atoms. The van der Waals surface area contributed by atoms with Crippen LogP contribution in [0.1, 0.15) is 36.9 Å². The van der Waals surface area contributed by atoms with E-state index in [0.717, 1.165) is 19.4 Å². The molecule has 0 spiro atoms. The predicted molar refractivity (Wildman–Crippen MR) is 69.6 cm³/mol. The molecule has 3 nitrogen and oxygen atoms in total. The third kappa shape index (κ3) is 3.17. The summed E-state index contributed by atoms with van der Waals surface area (Å²) < 4.78 is 2.15. The monoisotopic (exact) mass is 229 g/mol. The van der Waals surface area contributed by atoms with E-state index in [4.69, 9.17) is 5.73 Å². The zero-order chi connectivity index (χ0) is 12.1. The Morgan fingerprint density at radius 3 is 3.00 bits per heavy atom. The second kappa shape index (κ2) is 5.64. The van der Waals surface area contributed by atoms with Gasteiger partial charge in [0.2, 0.25) is 0 Å². The molecular weight excluding hydrogens is 210 g/mol. The van der Waals surface area contributed by atoms with Crippen molar-refractivity contribution >= 4 is 0 Å². The van der Waals surface area contributed by atoms with Gasteiger partial charge < -0.3 is 10.3 Å². The molecular formula is C14H19N3. The van der Waals surface area contributed by atoms with Crippen molar-refractivity contribution in [3.05, 3.63) is 54.1 Å². The fourth-order valence-electron chi connectivity index (χ4n) is 1.96. The van der Waals surface area contributed by atoms with E-state index in [1.165, 1.54) is 11.1 Å². The van der Waals surface area contributed by atoms with E-state index in [1.807, 2.05) is 12.3 Å². The molecule has 0 aliphatic heterocycles. The maximum atomic E-state index is 6.09. The quantitative estimate of drug-likeness (QED) is 0.856. The van der Waals surface area contributed by atoms with Crippen molar-refractivity contribution < 1.29 is 0 Å². The second-order valence-corrected chi connectivity index (χ2v) is 4.37. The van der Waals surface area contributed by atoms with Crippen LogP contribution in [-0.2, 0) is 6.54 Å². The van der Waals surface area contributed by atoms with E-state index in [0.29, 0.717) is 0 Å². The molecule has 3 heteroatoms. The van der Waals surface area contributed by atoms with Crippen LogP contribution >= 0.6 is 0 Å². The van der Waals surface area contributed by atoms with Gasteiger partial charge in [-0.1, -0.05) is 19.4 Å². The highest BCUT2D eigenvalue weighted by Gasteiger charge is 2.06. The van der Waals surface area contributed by atoms with E-state index in [-0.39, 0.29) is 6.04 Å². The highest BCUT2D eigenvalue weighted by atomic mass is 14.9. The minimum atomic E-state index is 0.162. The Morgan fingerprint density at radius 1 is 1.41 bits per heavy atom. The van der Waals surface area contributed by atoms with Gasteiger partial charge in [0.1, 0.15) is 0 Å². The van der Waals surface area contributed by atoms with Gasteiger partial charge in [-0.15, -0.1) is 0 Å². The lowest BCUT2D eigenvalue weighted by Crippen LogP contribution is -2.08. The van der Waals surface area contributed by atoms with Crippen LogP contribution in [0.3, 0.4) is 0 Å². The number of nitrogens with zero attached hydrogens (tertiary/aromatic N) is 2. The standard InChI is InChI=1S/C14H19N3/c1-2-4-14(15)13-6-8-17(11-13)10-12-5-3-7-16-9-12/h3,5-9,11,14H,2,4,10,15H2,1H3. The van der Waals surface area contributed by atoms with Crippen LogP contribution < -0.4 is 5.73 Å². The third-order valence-electron chi connectivity index (χ3n) is 2.89. The molecule has 90 valence electrons. The molecule has 2 rings (SSSR count). The Bertz CT molecular complexity index is 448. The van der Waals surface area contributed by atoms with Crippen molar-refractivity contribution in [2.75, 3.05) is 0 Å². The van der Waals surface area contributed by atoms with Crippen molar-refractivity contribution in [3.8, 4) is 0 Å². The molecule has 2 aromatic rings. The van der Waals surface area contributed by atoms with Crippen LogP contribution in [0.25, 0.3) is 0 Å². The molecule has 0 radical (unpaired) electrons. The SMILES string of the molecule is CCCC(N)c1ccn(Cc2cccnc2)c1. The first-order chi connectivity index (χ1) is 8.29. The zero-order valence-corrected chi connectivity index (χ0v) is 10.2. The topological polar surface area (TPSA) is 43.8 Å². The van der Waals surface area contributed by atoms with E-state index >= 15 is 0 Å². The summed E-state index contributed by atoms with van der Waals surface area (Å²) in [5.41, 5.74) is 8.51. The number of aromatic nitrogens is 2. The average Bonchev–Trinajstić information content (AvgIpc) is 2.79. The highest BCUT2D eigenvalue weighted by molar-refractivity contribution is 5.17. The largest absolute Gasteiger partial charge is 0.350 e. The van der Waals surface area contributed by atoms with Crippen molar-refractivity contribution in [2.45, 2.75) is 32.4 Å². The van der Waals surface area contributed by atoms with Gasteiger partial charge in [-0.3, -0.25) is 4.98 Å². The third-order valence-corrected chi connectivity index (χ3v) is 2.89. The number of rotatable bonds is 5. The zero-order valence-electron chi connectivity index (χ0n) is 10.2. The summed E-state index contributed by atoms with van der Waals surface area (Å²) in [7, 11) is 0. The summed E-state index contributed by atoms with van der Waals surface area (Å²) in [6.07, 6.45) is 10.1. The maximum absolute atomic E-state index is 6.09. The molecule has 0 aliphatic rings. The van der Waals surface area contributed by atoms with Crippen LogP contribution in [0.5, 0.6) is 0 Å². The van der Waals surface area contributed by atoms with Crippen LogP contribution in [0.15, 0.2) is 43.0 Å². The number of hydrogen-bond donors (Lipinski definition) is 1. The lowest BCUT2D eigenvalue weighted by atomic mass is 10.1. The van der Waals surface area contributed by atoms with Gasteiger partial charge >= 0.3 is 0 Å². The Balaban J connectivity index is 2.04. The normalized spacial score (nSPS) is 12.6. The number of nitrogens with two attached hydrogens (primary N) is 1. The van der Waals surface area contributed by atoms with Gasteiger partial charge in [0.25, 0.3) is 0 Å². The molecule has 2 heterocycles. The molecule has 0 saturated heterocycles. The van der Waals surface area contributed by atoms with Gasteiger partial charge in [0.15, 0.2) is 0 Å². The summed E-state index contributed by atoms with van der Waals surface area (Å²) in [6, 6.07) is 6.31. The maximum Gasteiger partial charge on any atom is 0.0485 e. The Labute approximate surface area is 102 Å². The fourth-order valence-corrected chi connectivity index (χ4v) is 1.96. The second-order valence-electron chi connectivity index (χ2n) is 4.37. The molecule has 0 saturated carbocycles. The first kappa shape index (κ1) is 11.9. The van der Waals surface area contributed by atoms with Crippen molar-refractivity contribution in [1.82, 2.24) is 9.55 Å². The first-order valence-corrected chi connectivity index (χ1v) is 6.09.